The predicted octanol–water partition coefficient (Wildman–Crippen LogP) is 3.52. The van der Waals surface area contributed by atoms with Crippen molar-refractivity contribution in [2.75, 3.05) is 0 Å². The molecule has 0 fully saturated rings. The van der Waals surface area contributed by atoms with E-state index in [-0.39, 0.29) is 22.9 Å². The summed E-state index contributed by atoms with van der Waals surface area (Å²) in [5.41, 5.74) is -0.0147. The third-order valence-corrected chi connectivity index (χ3v) is 3.08. The van der Waals surface area contributed by atoms with E-state index in [0.29, 0.717) is 5.56 Å². The monoisotopic (exact) mass is 302 g/mol. The van der Waals surface area contributed by atoms with Crippen molar-refractivity contribution < 1.29 is 18.0 Å². The van der Waals surface area contributed by atoms with E-state index in [2.05, 4.69) is 5.10 Å². The highest BCUT2D eigenvalue weighted by Gasteiger charge is 2.30. The summed E-state index contributed by atoms with van der Waals surface area (Å²) in [5, 5.41) is 4.07. The lowest BCUT2D eigenvalue weighted by atomic mass is 10.0. The van der Waals surface area contributed by atoms with Gasteiger partial charge in [-0.15, -0.1) is 0 Å². The third kappa shape index (κ3) is 3.01. The molecule has 0 unspecified atom stereocenters. The van der Waals surface area contributed by atoms with Gasteiger partial charge < -0.3 is 0 Å². The lowest BCUT2D eigenvalue weighted by Gasteiger charge is -2.07. The van der Waals surface area contributed by atoms with Gasteiger partial charge in [0.15, 0.2) is 5.78 Å². The van der Waals surface area contributed by atoms with Crippen LogP contribution in [0.15, 0.2) is 30.5 Å². The molecule has 1 aromatic carbocycles. The van der Waals surface area contributed by atoms with E-state index in [0.717, 1.165) is 12.1 Å². The van der Waals surface area contributed by atoms with Crippen molar-refractivity contribution in [3.05, 3.63) is 52.3 Å². The molecule has 106 valence electrons. The van der Waals surface area contributed by atoms with Gasteiger partial charge in [-0.05, 0) is 17.7 Å². The Labute approximate surface area is 118 Å². The minimum absolute atomic E-state index is 0.0304. The molecule has 0 spiro atoms. The molecule has 2 aromatic rings. The Morgan fingerprint density at radius 2 is 1.90 bits per heavy atom. The lowest BCUT2D eigenvalue weighted by Crippen LogP contribution is -2.11. The molecule has 0 atom stereocenters. The highest BCUT2D eigenvalue weighted by molar-refractivity contribution is 6.33. The van der Waals surface area contributed by atoms with Gasteiger partial charge in [0, 0.05) is 13.5 Å². The van der Waals surface area contributed by atoms with Gasteiger partial charge in [0.2, 0.25) is 0 Å². The zero-order valence-corrected chi connectivity index (χ0v) is 11.2. The minimum atomic E-state index is -4.38. The summed E-state index contributed by atoms with van der Waals surface area (Å²) in [6, 6.07) is 4.47. The number of carbonyl (C=O) groups excluding carboxylic acids is 1. The van der Waals surface area contributed by atoms with Gasteiger partial charge >= 0.3 is 6.18 Å². The second-order valence-electron chi connectivity index (χ2n) is 4.26. The summed E-state index contributed by atoms with van der Waals surface area (Å²) >= 11 is 5.84. The van der Waals surface area contributed by atoms with Gasteiger partial charge in [-0.25, -0.2) is 0 Å². The number of benzene rings is 1. The Bertz CT molecular complexity index is 613. The van der Waals surface area contributed by atoms with Crippen LogP contribution in [0.2, 0.25) is 5.02 Å². The SMILES string of the molecule is Cn1ncc(Cl)c1C(=O)Cc1ccc(C(F)(F)F)cc1. The van der Waals surface area contributed by atoms with E-state index in [4.69, 9.17) is 11.6 Å². The van der Waals surface area contributed by atoms with Crippen LogP contribution < -0.4 is 0 Å². The average Bonchev–Trinajstić information content (AvgIpc) is 2.68. The van der Waals surface area contributed by atoms with Crippen molar-refractivity contribution in [1.29, 1.82) is 0 Å². The maximum atomic E-state index is 12.4. The fourth-order valence-corrected chi connectivity index (χ4v) is 2.08. The first kappa shape index (κ1) is 14.6. The number of halogens is 4. The molecule has 0 amide bonds. The Hall–Kier alpha value is -1.82. The highest BCUT2D eigenvalue weighted by atomic mass is 35.5. The van der Waals surface area contributed by atoms with Crippen molar-refractivity contribution in [1.82, 2.24) is 9.78 Å². The van der Waals surface area contributed by atoms with E-state index in [1.54, 1.807) is 7.05 Å². The molecule has 1 aromatic heterocycles. The highest BCUT2D eigenvalue weighted by Crippen LogP contribution is 2.29. The minimum Gasteiger partial charge on any atom is -0.292 e. The zero-order chi connectivity index (χ0) is 14.9. The molecule has 0 aliphatic heterocycles. The fraction of sp³-hybridized carbons (Fsp3) is 0.231. The van der Waals surface area contributed by atoms with Gasteiger partial charge in [0.05, 0.1) is 16.8 Å². The molecule has 0 saturated heterocycles. The molecule has 20 heavy (non-hydrogen) atoms. The van der Waals surface area contributed by atoms with Crippen molar-refractivity contribution in [2.24, 2.45) is 7.05 Å². The van der Waals surface area contributed by atoms with Gasteiger partial charge in [-0.2, -0.15) is 18.3 Å². The Balaban J connectivity index is 2.17. The van der Waals surface area contributed by atoms with Crippen LogP contribution in [0.3, 0.4) is 0 Å². The number of hydrogen-bond donors (Lipinski definition) is 0. The second-order valence-corrected chi connectivity index (χ2v) is 4.67. The van der Waals surface area contributed by atoms with Crippen LogP contribution in [-0.2, 0) is 19.6 Å². The number of rotatable bonds is 3. The number of carbonyl (C=O) groups is 1. The van der Waals surface area contributed by atoms with Crippen molar-refractivity contribution in [2.45, 2.75) is 12.6 Å². The molecule has 0 saturated carbocycles. The zero-order valence-electron chi connectivity index (χ0n) is 10.4. The first-order chi connectivity index (χ1) is 9.29. The maximum absolute atomic E-state index is 12.4. The molecule has 2 rings (SSSR count). The van der Waals surface area contributed by atoms with Gasteiger partial charge in [-0.3, -0.25) is 9.48 Å². The molecule has 0 bridgehead atoms. The van der Waals surface area contributed by atoms with Crippen LogP contribution in [0.4, 0.5) is 13.2 Å². The van der Waals surface area contributed by atoms with Crippen LogP contribution in [-0.4, -0.2) is 15.6 Å². The van der Waals surface area contributed by atoms with E-state index >= 15 is 0 Å². The first-order valence-corrected chi connectivity index (χ1v) is 6.03. The summed E-state index contributed by atoms with van der Waals surface area (Å²) in [7, 11) is 1.58. The number of Topliss-reactive ketones (excluding diaryl/α,β-unsaturated/α-hetero) is 1. The molecular weight excluding hydrogens is 293 g/mol. The second kappa shape index (κ2) is 5.28. The normalized spacial score (nSPS) is 11.7. The van der Waals surface area contributed by atoms with E-state index < -0.39 is 11.7 Å². The number of aromatic nitrogens is 2. The summed E-state index contributed by atoms with van der Waals surface area (Å²) in [6.45, 7) is 0. The smallest absolute Gasteiger partial charge is 0.292 e. The standard InChI is InChI=1S/C13H10ClF3N2O/c1-19-12(10(14)7-18-19)11(20)6-8-2-4-9(5-3-8)13(15,16)17/h2-5,7H,6H2,1H3. The third-order valence-electron chi connectivity index (χ3n) is 2.80. The maximum Gasteiger partial charge on any atom is 0.416 e. The summed E-state index contributed by atoms with van der Waals surface area (Å²) < 4.78 is 38.6. The molecule has 3 nitrogen and oxygen atoms in total. The van der Waals surface area contributed by atoms with E-state index in [1.807, 2.05) is 0 Å². The largest absolute Gasteiger partial charge is 0.416 e. The van der Waals surface area contributed by atoms with Gasteiger partial charge in [-0.1, -0.05) is 23.7 Å². The summed E-state index contributed by atoms with van der Waals surface area (Å²) in [4.78, 5) is 12.0. The number of aryl methyl sites for hydroxylation is 1. The molecule has 0 N–H and O–H groups in total. The van der Waals surface area contributed by atoms with E-state index in [1.165, 1.54) is 23.0 Å². The lowest BCUT2D eigenvalue weighted by molar-refractivity contribution is -0.137. The van der Waals surface area contributed by atoms with Crippen LogP contribution in [0.1, 0.15) is 21.6 Å². The topological polar surface area (TPSA) is 34.9 Å². The Morgan fingerprint density at radius 1 is 1.30 bits per heavy atom. The number of hydrogen-bond acceptors (Lipinski definition) is 2. The number of nitrogens with zero attached hydrogens (tertiary/aromatic N) is 2. The van der Waals surface area contributed by atoms with Crippen LogP contribution in [0, 0.1) is 0 Å². The van der Waals surface area contributed by atoms with Gasteiger partial charge in [0.1, 0.15) is 5.69 Å². The van der Waals surface area contributed by atoms with Crippen molar-refractivity contribution in [3.8, 4) is 0 Å². The molecule has 7 heteroatoms. The summed E-state index contributed by atoms with van der Waals surface area (Å²) in [6.07, 6.45) is -3.06. The van der Waals surface area contributed by atoms with Crippen LogP contribution in [0.5, 0.6) is 0 Å². The number of ketones is 1. The van der Waals surface area contributed by atoms with Crippen LogP contribution >= 0.6 is 11.6 Å². The average molecular weight is 303 g/mol. The molecule has 1 heterocycles. The molecule has 0 aliphatic rings. The Morgan fingerprint density at radius 3 is 2.35 bits per heavy atom. The van der Waals surface area contributed by atoms with Crippen molar-refractivity contribution >= 4 is 17.4 Å². The van der Waals surface area contributed by atoms with Crippen LogP contribution in [0.25, 0.3) is 0 Å². The molecule has 0 aliphatic carbocycles. The predicted molar refractivity (Wildman–Crippen MR) is 67.7 cm³/mol. The first-order valence-electron chi connectivity index (χ1n) is 5.66. The Kier molecular flexibility index (Phi) is 3.85. The fourth-order valence-electron chi connectivity index (χ4n) is 1.81. The van der Waals surface area contributed by atoms with Crippen molar-refractivity contribution in [3.63, 3.8) is 0 Å². The summed E-state index contributed by atoms with van der Waals surface area (Å²) in [5.74, 6) is -0.297. The molecular formula is C13H10ClF3N2O. The molecule has 0 radical (unpaired) electrons. The number of alkyl halides is 3. The van der Waals surface area contributed by atoms with Gasteiger partial charge in [0.25, 0.3) is 0 Å². The van der Waals surface area contributed by atoms with E-state index in [9.17, 15) is 18.0 Å². The quantitative estimate of drug-likeness (QED) is 0.813.